The van der Waals surface area contributed by atoms with Gasteiger partial charge in [0.05, 0.1) is 16.6 Å². The Hall–Kier alpha value is -2.05. The van der Waals surface area contributed by atoms with Crippen LogP contribution in [-0.2, 0) is 6.18 Å². The quantitative estimate of drug-likeness (QED) is 0.919. The number of nitrogens with zero attached hydrogens (tertiary/aromatic N) is 2. The highest BCUT2D eigenvalue weighted by atomic mass is 19.4. The van der Waals surface area contributed by atoms with Gasteiger partial charge in [0.15, 0.2) is 0 Å². The molecule has 1 heterocycles. The first-order valence-corrected chi connectivity index (χ1v) is 6.44. The Labute approximate surface area is 118 Å². The van der Waals surface area contributed by atoms with Crippen molar-refractivity contribution in [2.45, 2.75) is 32.5 Å². The highest BCUT2D eigenvalue weighted by molar-refractivity contribution is 5.92. The largest absolute Gasteiger partial charge is 0.478 e. The molecular weight excluding hydrogens is 285 g/mol. The molecule has 112 valence electrons. The van der Waals surface area contributed by atoms with E-state index in [4.69, 9.17) is 5.11 Å². The molecule has 0 aliphatic heterocycles. The summed E-state index contributed by atoms with van der Waals surface area (Å²) in [5.41, 5.74) is 0.0998. The van der Waals surface area contributed by atoms with Crippen molar-refractivity contribution < 1.29 is 23.1 Å². The van der Waals surface area contributed by atoms with E-state index in [0.717, 1.165) is 0 Å². The fraction of sp³-hybridized carbons (Fsp3) is 0.429. The second-order valence-corrected chi connectivity index (χ2v) is 6.02. The SMILES string of the molecule is CC1(C)CC1n1c(C(F)(F)F)nc2cc(C(=O)O)ccc21. The molecule has 0 bridgehead atoms. The van der Waals surface area contributed by atoms with E-state index < -0.39 is 18.0 Å². The number of halogens is 3. The first-order chi connectivity index (χ1) is 9.61. The van der Waals surface area contributed by atoms with E-state index in [2.05, 4.69) is 4.98 Å². The van der Waals surface area contributed by atoms with E-state index in [1.54, 1.807) is 0 Å². The van der Waals surface area contributed by atoms with Crippen LogP contribution in [0.5, 0.6) is 0 Å². The van der Waals surface area contributed by atoms with Crippen molar-refractivity contribution in [3.63, 3.8) is 0 Å². The molecule has 1 aliphatic carbocycles. The Morgan fingerprint density at radius 1 is 1.43 bits per heavy atom. The molecule has 1 unspecified atom stereocenters. The van der Waals surface area contributed by atoms with E-state index in [0.29, 0.717) is 11.9 Å². The minimum Gasteiger partial charge on any atom is -0.478 e. The lowest BCUT2D eigenvalue weighted by Gasteiger charge is -2.13. The second kappa shape index (κ2) is 3.99. The Morgan fingerprint density at radius 2 is 2.05 bits per heavy atom. The topological polar surface area (TPSA) is 55.1 Å². The van der Waals surface area contributed by atoms with Crippen molar-refractivity contribution in [2.24, 2.45) is 5.41 Å². The molecule has 2 aromatic rings. The number of imidazole rings is 1. The average Bonchev–Trinajstić information content (AvgIpc) is 2.83. The summed E-state index contributed by atoms with van der Waals surface area (Å²) in [6.45, 7) is 3.80. The van der Waals surface area contributed by atoms with Crippen LogP contribution in [0.4, 0.5) is 13.2 Å². The molecule has 0 radical (unpaired) electrons. The van der Waals surface area contributed by atoms with Gasteiger partial charge < -0.3 is 9.67 Å². The molecule has 1 N–H and O–H groups in total. The third kappa shape index (κ3) is 2.16. The third-order valence-corrected chi connectivity index (χ3v) is 3.96. The summed E-state index contributed by atoms with van der Waals surface area (Å²) >= 11 is 0. The maximum absolute atomic E-state index is 13.2. The number of benzene rings is 1. The molecule has 1 aromatic carbocycles. The summed E-state index contributed by atoms with van der Waals surface area (Å²) in [6.07, 6.45) is -3.93. The molecule has 0 amide bonds. The standard InChI is InChI=1S/C14H13F3N2O2/c1-13(2)6-10(13)19-9-4-3-7(11(20)21)5-8(9)18-12(19)14(15,16)17/h3-5,10H,6H2,1-2H3,(H,20,21). The van der Waals surface area contributed by atoms with Crippen molar-refractivity contribution in [2.75, 3.05) is 0 Å². The van der Waals surface area contributed by atoms with Crippen molar-refractivity contribution in [1.29, 1.82) is 0 Å². The van der Waals surface area contributed by atoms with Gasteiger partial charge in [0.1, 0.15) is 0 Å². The van der Waals surface area contributed by atoms with Crippen molar-refractivity contribution >= 4 is 17.0 Å². The number of alkyl halides is 3. The van der Waals surface area contributed by atoms with Crippen LogP contribution in [0.2, 0.25) is 0 Å². The van der Waals surface area contributed by atoms with Gasteiger partial charge in [-0.2, -0.15) is 13.2 Å². The van der Waals surface area contributed by atoms with Crippen LogP contribution in [0.25, 0.3) is 11.0 Å². The lowest BCUT2D eigenvalue weighted by atomic mass is 10.1. The lowest BCUT2D eigenvalue weighted by molar-refractivity contribution is -0.147. The van der Waals surface area contributed by atoms with Crippen LogP contribution < -0.4 is 0 Å². The number of fused-ring (bicyclic) bond motifs is 1. The molecule has 21 heavy (non-hydrogen) atoms. The molecule has 7 heteroatoms. The fourth-order valence-electron chi connectivity index (χ4n) is 2.63. The number of carbonyl (C=O) groups is 1. The predicted octanol–water partition coefficient (Wildman–Crippen LogP) is 3.72. The molecule has 0 saturated heterocycles. The zero-order valence-electron chi connectivity index (χ0n) is 11.4. The molecular formula is C14H13F3N2O2. The van der Waals surface area contributed by atoms with Gasteiger partial charge >= 0.3 is 12.1 Å². The maximum atomic E-state index is 13.2. The summed E-state index contributed by atoms with van der Waals surface area (Å²) in [6, 6.07) is 3.61. The molecule has 0 spiro atoms. The van der Waals surface area contributed by atoms with Gasteiger partial charge in [-0.1, -0.05) is 13.8 Å². The van der Waals surface area contributed by atoms with Gasteiger partial charge in [-0.05, 0) is 30.0 Å². The summed E-state index contributed by atoms with van der Waals surface area (Å²) in [5, 5.41) is 8.93. The molecule has 1 atom stereocenters. The minimum absolute atomic E-state index is 0.0601. The monoisotopic (exact) mass is 298 g/mol. The first kappa shape index (κ1) is 13.9. The van der Waals surface area contributed by atoms with E-state index >= 15 is 0 Å². The third-order valence-electron chi connectivity index (χ3n) is 3.96. The zero-order chi connectivity index (χ0) is 15.6. The van der Waals surface area contributed by atoms with Crippen molar-refractivity contribution in [3.8, 4) is 0 Å². The lowest BCUT2D eigenvalue weighted by Crippen LogP contribution is -2.15. The van der Waals surface area contributed by atoms with Crippen molar-refractivity contribution in [1.82, 2.24) is 9.55 Å². The van der Waals surface area contributed by atoms with Gasteiger partial charge in [0, 0.05) is 6.04 Å². The van der Waals surface area contributed by atoms with E-state index in [9.17, 15) is 18.0 Å². The zero-order valence-corrected chi connectivity index (χ0v) is 11.4. The van der Waals surface area contributed by atoms with Gasteiger partial charge in [0.25, 0.3) is 0 Å². The number of carboxylic acids is 1. The van der Waals surface area contributed by atoms with Crippen molar-refractivity contribution in [3.05, 3.63) is 29.6 Å². The van der Waals surface area contributed by atoms with Crippen LogP contribution in [0.1, 0.15) is 42.5 Å². The van der Waals surface area contributed by atoms with E-state index in [-0.39, 0.29) is 22.5 Å². The van der Waals surface area contributed by atoms with Gasteiger partial charge in [-0.15, -0.1) is 0 Å². The smallest absolute Gasteiger partial charge is 0.449 e. The van der Waals surface area contributed by atoms with Gasteiger partial charge in [-0.25, -0.2) is 9.78 Å². The molecule has 1 saturated carbocycles. The number of aromatic carboxylic acids is 1. The summed E-state index contributed by atoms with van der Waals surface area (Å²) in [7, 11) is 0. The Morgan fingerprint density at radius 3 is 2.52 bits per heavy atom. The number of hydrogen-bond donors (Lipinski definition) is 1. The van der Waals surface area contributed by atoms with Crippen LogP contribution in [0, 0.1) is 5.41 Å². The number of carboxylic acid groups (broad SMARTS) is 1. The van der Waals surface area contributed by atoms with Gasteiger partial charge in [0.2, 0.25) is 5.82 Å². The number of aromatic nitrogens is 2. The minimum atomic E-state index is -4.57. The summed E-state index contributed by atoms with van der Waals surface area (Å²) in [5.74, 6) is -2.15. The Balaban J connectivity index is 2.25. The van der Waals surface area contributed by atoms with E-state index in [1.807, 2.05) is 13.8 Å². The maximum Gasteiger partial charge on any atom is 0.449 e. The number of hydrogen-bond acceptors (Lipinski definition) is 2. The first-order valence-electron chi connectivity index (χ1n) is 6.44. The molecule has 1 fully saturated rings. The number of rotatable bonds is 2. The summed E-state index contributed by atoms with van der Waals surface area (Å²) in [4.78, 5) is 14.6. The van der Waals surface area contributed by atoms with Gasteiger partial charge in [-0.3, -0.25) is 0 Å². The molecule has 3 rings (SSSR count). The highest BCUT2D eigenvalue weighted by Gasteiger charge is 2.51. The summed E-state index contributed by atoms with van der Waals surface area (Å²) < 4.78 is 40.8. The van der Waals surface area contributed by atoms with Crippen LogP contribution in [0.15, 0.2) is 18.2 Å². The van der Waals surface area contributed by atoms with Crippen LogP contribution in [0.3, 0.4) is 0 Å². The molecule has 1 aliphatic rings. The van der Waals surface area contributed by atoms with E-state index in [1.165, 1.54) is 22.8 Å². The van der Waals surface area contributed by atoms with Crippen LogP contribution >= 0.6 is 0 Å². The Kier molecular flexibility index (Phi) is 2.64. The highest BCUT2D eigenvalue weighted by Crippen LogP contribution is 2.57. The molecule has 4 nitrogen and oxygen atoms in total. The Bertz CT molecular complexity index is 746. The normalized spacial score (nSPS) is 20.7. The second-order valence-electron chi connectivity index (χ2n) is 6.02. The predicted molar refractivity (Wildman–Crippen MR) is 69.1 cm³/mol. The fourth-order valence-corrected chi connectivity index (χ4v) is 2.63. The van der Waals surface area contributed by atoms with Crippen LogP contribution in [-0.4, -0.2) is 20.6 Å². The molecule has 1 aromatic heterocycles. The average molecular weight is 298 g/mol.